The van der Waals surface area contributed by atoms with Gasteiger partial charge < -0.3 is 5.32 Å². The fourth-order valence-electron chi connectivity index (χ4n) is 1.54. The number of hydrogen-bond donors (Lipinski definition) is 1. The molecule has 5 heteroatoms. The summed E-state index contributed by atoms with van der Waals surface area (Å²) in [6, 6.07) is 10.4. The molecule has 1 amide bonds. The highest BCUT2D eigenvalue weighted by molar-refractivity contribution is 9.10. The van der Waals surface area contributed by atoms with Crippen molar-refractivity contribution in [2.75, 3.05) is 5.32 Å². The first-order valence-corrected chi connectivity index (χ1v) is 6.54. The van der Waals surface area contributed by atoms with Crippen molar-refractivity contribution in [3.63, 3.8) is 0 Å². The molecule has 2 aromatic carbocycles. The van der Waals surface area contributed by atoms with Crippen LogP contribution in [0.2, 0.25) is 0 Å². The molecule has 2 nitrogen and oxygen atoms in total. The maximum atomic E-state index is 13.5. The molecule has 0 heterocycles. The van der Waals surface area contributed by atoms with Crippen LogP contribution in [0.25, 0.3) is 6.08 Å². The summed E-state index contributed by atoms with van der Waals surface area (Å²) in [5, 5.41) is 2.38. The third-order valence-corrected chi connectivity index (χ3v) is 3.00. The fraction of sp³-hybridized carbons (Fsp3) is 0. The van der Waals surface area contributed by atoms with Gasteiger partial charge in [0.25, 0.3) is 0 Å². The molecule has 0 aliphatic heterocycles. The quantitative estimate of drug-likeness (QED) is 0.827. The SMILES string of the molecule is O=C(/C=C/c1ccccc1F)Nc1ccc(Br)cc1F. The van der Waals surface area contributed by atoms with Gasteiger partial charge in [0.15, 0.2) is 0 Å². The number of halogens is 3. The zero-order chi connectivity index (χ0) is 14.5. The average Bonchev–Trinajstić information content (AvgIpc) is 2.41. The Bertz CT molecular complexity index is 671. The van der Waals surface area contributed by atoms with Crippen LogP contribution in [0.15, 0.2) is 53.0 Å². The minimum Gasteiger partial charge on any atom is -0.320 e. The highest BCUT2D eigenvalue weighted by atomic mass is 79.9. The van der Waals surface area contributed by atoms with E-state index in [1.165, 1.54) is 24.3 Å². The number of benzene rings is 2. The van der Waals surface area contributed by atoms with Crippen molar-refractivity contribution in [3.8, 4) is 0 Å². The Morgan fingerprint density at radius 3 is 2.55 bits per heavy atom. The molecule has 0 unspecified atom stereocenters. The van der Waals surface area contributed by atoms with Gasteiger partial charge in [0.1, 0.15) is 11.6 Å². The maximum absolute atomic E-state index is 13.5. The van der Waals surface area contributed by atoms with E-state index in [0.29, 0.717) is 10.0 Å². The number of carbonyl (C=O) groups excluding carboxylic acids is 1. The summed E-state index contributed by atoms with van der Waals surface area (Å²) in [4.78, 5) is 11.6. The van der Waals surface area contributed by atoms with Crippen molar-refractivity contribution in [2.45, 2.75) is 0 Å². The molecule has 0 aliphatic carbocycles. The van der Waals surface area contributed by atoms with Gasteiger partial charge in [0.05, 0.1) is 5.69 Å². The van der Waals surface area contributed by atoms with Crippen LogP contribution in [0.4, 0.5) is 14.5 Å². The Kier molecular flexibility index (Phi) is 4.63. The smallest absolute Gasteiger partial charge is 0.248 e. The van der Waals surface area contributed by atoms with Crippen LogP contribution in [0.1, 0.15) is 5.56 Å². The Labute approximate surface area is 123 Å². The second-order valence-electron chi connectivity index (χ2n) is 3.97. The predicted octanol–water partition coefficient (Wildman–Crippen LogP) is 4.38. The van der Waals surface area contributed by atoms with E-state index in [1.54, 1.807) is 24.3 Å². The molecular weight excluding hydrogens is 328 g/mol. The minimum absolute atomic E-state index is 0.0661. The van der Waals surface area contributed by atoms with Crippen molar-refractivity contribution in [3.05, 3.63) is 70.2 Å². The number of hydrogen-bond acceptors (Lipinski definition) is 1. The Morgan fingerprint density at radius 2 is 1.85 bits per heavy atom. The third-order valence-electron chi connectivity index (χ3n) is 2.51. The molecule has 0 saturated carbocycles. The predicted molar refractivity (Wildman–Crippen MR) is 78.2 cm³/mol. The van der Waals surface area contributed by atoms with Crippen LogP contribution in [0, 0.1) is 11.6 Å². The topological polar surface area (TPSA) is 29.1 Å². The zero-order valence-electron chi connectivity index (χ0n) is 10.2. The van der Waals surface area contributed by atoms with Gasteiger partial charge >= 0.3 is 0 Å². The van der Waals surface area contributed by atoms with Gasteiger partial charge in [0.2, 0.25) is 5.91 Å². The molecular formula is C15H10BrF2NO. The Morgan fingerprint density at radius 1 is 1.10 bits per heavy atom. The van der Waals surface area contributed by atoms with Gasteiger partial charge in [-0.25, -0.2) is 8.78 Å². The number of nitrogens with one attached hydrogen (secondary N) is 1. The molecule has 0 atom stereocenters. The molecule has 0 saturated heterocycles. The van der Waals surface area contributed by atoms with Crippen LogP contribution >= 0.6 is 15.9 Å². The van der Waals surface area contributed by atoms with Crippen molar-refractivity contribution in [1.29, 1.82) is 0 Å². The van der Waals surface area contributed by atoms with E-state index in [-0.39, 0.29) is 5.69 Å². The van der Waals surface area contributed by atoms with Gasteiger partial charge in [-0.2, -0.15) is 0 Å². The molecule has 102 valence electrons. The van der Waals surface area contributed by atoms with Crippen molar-refractivity contribution in [1.82, 2.24) is 0 Å². The van der Waals surface area contributed by atoms with Crippen LogP contribution in [-0.2, 0) is 4.79 Å². The first kappa shape index (κ1) is 14.4. The highest BCUT2D eigenvalue weighted by Gasteiger charge is 2.05. The molecule has 2 aromatic rings. The maximum Gasteiger partial charge on any atom is 0.248 e. The zero-order valence-corrected chi connectivity index (χ0v) is 11.8. The van der Waals surface area contributed by atoms with Crippen LogP contribution in [0.5, 0.6) is 0 Å². The second kappa shape index (κ2) is 6.43. The summed E-state index contributed by atoms with van der Waals surface area (Å²) >= 11 is 3.12. The standard InChI is InChI=1S/C15H10BrF2NO/c16-11-6-7-14(13(18)9-11)19-15(20)8-5-10-3-1-2-4-12(10)17/h1-9H,(H,19,20)/b8-5+. The van der Waals surface area contributed by atoms with E-state index < -0.39 is 17.5 Å². The lowest BCUT2D eigenvalue weighted by Gasteiger charge is -2.04. The summed E-state index contributed by atoms with van der Waals surface area (Å²) in [6.45, 7) is 0. The molecule has 0 aromatic heterocycles. The van der Waals surface area contributed by atoms with Crippen LogP contribution in [0.3, 0.4) is 0 Å². The van der Waals surface area contributed by atoms with E-state index in [4.69, 9.17) is 0 Å². The van der Waals surface area contributed by atoms with E-state index >= 15 is 0 Å². The molecule has 0 fully saturated rings. The first-order chi connectivity index (χ1) is 9.56. The van der Waals surface area contributed by atoms with Gasteiger partial charge in [-0.1, -0.05) is 34.1 Å². The monoisotopic (exact) mass is 337 g/mol. The van der Waals surface area contributed by atoms with Gasteiger partial charge in [-0.05, 0) is 30.3 Å². The normalized spacial score (nSPS) is 10.8. The van der Waals surface area contributed by atoms with E-state index in [1.807, 2.05) is 0 Å². The van der Waals surface area contributed by atoms with E-state index in [9.17, 15) is 13.6 Å². The molecule has 0 aliphatic rings. The molecule has 0 radical (unpaired) electrons. The molecule has 0 bridgehead atoms. The summed E-state index contributed by atoms with van der Waals surface area (Å²) in [5.41, 5.74) is 0.357. The number of carbonyl (C=O) groups is 1. The third kappa shape index (κ3) is 3.74. The second-order valence-corrected chi connectivity index (χ2v) is 4.88. The van der Waals surface area contributed by atoms with E-state index in [0.717, 1.165) is 6.08 Å². The van der Waals surface area contributed by atoms with Gasteiger partial charge in [0, 0.05) is 16.1 Å². The van der Waals surface area contributed by atoms with E-state index in [2.05, 4.69) is 21.2 Å². The lowest BCUT2D eigenvalue weighted by molar-refractivity contribution is -0.111. The molecule has 1 N–H and O–H groups in total. The van der Waals surface area contributed by atoms with Crippen molar-refractivity contribution in [2.24, 2.45) is 0 Å². The molecule has 0 spiro atoms. The highest BCUT2D eigenvalue weighted by Crippen LogP contribution is 2.19. The largest absolute Gasteiger partial charge is 0.320 e. The summed E-state index contributed by atoms with van der Waals surface area (Å²) in [7, 11) is 0. The number of rotatable bonds is 3. The van der Waals surface area contributed by atoms with Crippen LogP contribution in [-0.4, -0.2) is 5.91 Å². The Hall–Kier alpha value is -2.01. The molecule has 2 rings (SSSR count). The van der Waals surface area contributed by atoms with Gasteiger partial charge in [-0.15, -0.1) is 0 Å². The molecule has 20 heavy (non-hydrogen) atoms. The van der Waals surface area contributed by atoms with Crippen molar-refractivity contribution >= 4 is 33.6 Å². The number of anilines is 1. The van der Waals surface area contributed by atoms with Gasteiger partial charge in [-0.3, -0.25) is 4.79 Å². The first-order valence-electron chi connectivity index (χ1n) is 5.75. The summed E-state index contributed by atoms with van der Waals surface area (Å²) in [6.07, 6.45) is 2.49. The fourth-order valence-corrected chi connectivity index (χ4v) is 1.87. The lowest BCUT2D eigenvalue weighted by atomic mass is 10.2. The summed E-state index contributed by atoms with van der Waals surface area (Å²) in [5.74, 6) is -1.51. The average molecular weight is 338 g/mol. The van der Waals surface area contributed by atoms with Crippen molar-refractivity contribution < 1.29 is 13.6 Å². The summed E-state index contributed by atoms with van der Waals surface area (Å²) < 4.78 is 27.4. The lowest BCUT2D eigenvalue weighted by Crippen LogP contribution is -2.09. The van der Waals surface area contributed by atoms with Crippen LogP contribution < -0.4 is 5.32 Å². The number of amides is 1. The Balaban J connectivity index is 2.08. The minimum atomic E-state index is -0.549.